The number of carbonyl (C=O) groups is 2. The van der Waals surface area contributed by atoms with Gasteiger partial charge in [-0.25, -0.2) is 0 Å². The molecule has 2 bridgehead atoms. The van der Waals surface area contributed by atoms with E-state index in [0.717, 1.165) is 24.1 Å². The maximum atomic E-state index is 12.9. The summed E-state index contributed by atoms with van der Waals surface area (Å²) in [6.07, 6.45) is 5.04. The molecule has 2 unspecified atom stereocenters. The van der Waals surface area contributed by atoms with Crippen molar-refractivity contribution in [3.63, 3.8) is 0 Å². The lowest BCUT2D eigenvalue weighted by atomic mass is 9.97. The van der Waals surface area contributed by atoms with Crippen molar-refractivity contribution in [1.82, 2.24) is 10.2 Å². The van der Waals surface area contributed by atoms with Crippen LogP contribution in [0.15, 0.2) is 18.2 Å². The number of benzene rings is 1. The summed E-state index contributed by atoms with van der Waals surface area (Å²) in [5.41, 5.74) is 2.40. The summed E-state index contributed by atoms with van der Waals surface area (Å²) in [7, 11) is 1.92. The molecule has 0 aromatic heterocycles. The Morgan fingerprint density at radius 1 is 1.23 bits per heavy atom. The van der Waals surface area contributed by atoms with Crippen LogP contribution in [0.2, 0.25) is 0 Å². The van der Waals surface area contributed by atoms with E-state index in [4.69, 9.17) is 0 Å². The number of rotatable bonds is 5. The maximum absolute atomic E-state index is 12.9. The summed E-state index contributed by atoms with van der Waals surface area (Å²) in [6, 6.07) is 7.00. The lowest BCUT2D eigenvalue weighted by molar-refractivity contribution is -0.116. The molecular weight excluding hydrogens is 326 g/mol. The third-order valence-electron chi connectivity index (χ3n) is 5.66. The lowest BCUT2D eigenvalue weighted by Gasteiger charge is -2.35. The Labute approximate surface area is 156 Å². The third kappa shape index (κ3) is 4.26. The molecule has 5 heteroatoms. The van der Waals surface area contributed by atoms with E-state index in [1.54, 1.807) is 0 Å². The second-order valence-corrected chi connectivity index (χ2v) is 8.35. The molecule has 2 aliphatic heterocycles. The van der Waals surface area contributed by atoms with Gasteiger partial charge in [-0.1, -0.05) is 13.8 Å². The van der Waals surface area contributed by atoms with Gasteiger partial charge in [0.25, 0.3) is 5.91 Å². The van der Waals surface area contributed by atoms with Crippen molar-refractivity contribution in [3.8, 4) is 0 Å². The summed E-state index contributed by atoms with van der Waals surface area (Å²) in [6.45, 7) is 5.99. The predicted octanol–water partition coefficient (Wildman–Crippen LogP) is 3.33. The highest BCUT2D eigenvalue weighted by molar-refractivity contribution is 5.96. The molecule has 2 aliphatic rings. The first kappa shape index (κ1) is 18.9. The molecule has 2 saturated heterocycles. The van der Waals surface area contributed by atoms with Crippen molar-refractivity contribution in [2.45, 2.75) is 71.0 Å². The summed E-state index contributed by atoms with van der Waals surface area (Å²) >= 11 is 0. The van der Waals surface area contributed by atoms with Crippen LogP contribution in [-0.4, -0.2) is 41.9 Å². The van der Waals surface area contributed by atoms with E-state index in [-0.39, 0.29) is 11.8 Å². The molecule has 1 aromatic rings. The first-order valence-electron chi connectivity index (χ1n) is 9.77. The average Bonchev–Trinajstić information content (AvgIpc) is 2.92. The number of hydrogen-bond acceptors (Lipinski definition) is 3. The lowest BCUT2D eigenvalue weighted by Crippen LogP contribution is -2.48. The van der Waals surface area contributed by atoms with Gasteiger partial charge in [-0.2, -0.15) is 0 Å². The van der Waals surface area contributed by atoms with Crippen LogP contribution in [-0.2, 0) is 4.79 Å². The van der Waals surface area contributed by atoms with Crippen LogP contribution >= 0.6 is 0 Å². The topological polar surface area (TPSA) is 61.4 Å². The first-order valence-corrected chi connectivity index (χ1v) is 9.77. The van der Waals surface area contributed by atoms with E-state index in [1.807, 2.05) is 50.9 Å². The highest BCUT2D eigenvalue weighted by atomic mass is 16.2. The molecule has 2 N–H and O–H groups in total. The summed E-state index contributed by atoms with van der Waals surface area (Å²) in [5, 5.41) is 6.57. The molecular formula is C21H31N3O2. The van der Waals surface area contributed by atoms with E-state index < -0.39 is 0 Å². The van der Waals surface area contributed by atoms with E-state index in [0.29, 0.717) is 36.0 Å². The molecule has 2 heterocycles. The summed E-state index contributed by atoms with van der Waals surface area (Å²) in [4.78, 5) is 26.8. The van der Waals surface area contributed by atoms with Gasteiger partial charge in [-0.3, -0.25) is 9.59 Å². The van der Waals surface area contributed by atoms with Crippen molar-refractivity contribution in [1.29, 1.82) is 0 Å². The van der Waals surface area contributed by atoms with E-state index in [1.165, 1.54) is 12.8 Å². The minimum Gasteiger partial charge on any atom is -0.339 e. The number of piperidine rings is 1. The summed E-state index contributed by atoms with van der Waals surface area (Å²) in [5.74, 6) is 0.411. The highest BCUT2D eigenvalue weighted by Crippen LogP contribution is 2.30. The Bertz CT molecular complexity index is 674. The molecule has 26 heavy (non-hydrogen) atoms. The van der Waals surface area contributed by atoms with Gasteiger partial charge in [0.05, 0.1) is 0 Å². The molecule has 1 aromatic carbocycles. The molecule has 5 nitrogen and oxygen atoms in total. The van der Waals surface area contributed by atoms with Crippen LogP contribution in [0.1, 0.15) is 61.9 Å². The van der Waals surface area contributed by atoms with E-state index in [2.05, 4.69) is 10.6 Å². The SMILES string of the molecule is Cc1cc(C(=O)N(C)C2CC3CCC(C2)N3)ccc1NC(=O)CC(C)C. The highest BCUT2D eigenvalue weighted by Gasteiger charge is 2.36. The van der Waals surface area contributed by atoms with Crippen LogP contribution in [0, 0.1) is 12.8 Å². The minimum absolute atomic E-state index is 0.0180. The van der Waals surface area contributed by atoms with Crippen LogP contribution in [0.4, 0.5) is 5.69 Å². The third-order valence-corrected chi connectivity index (χ3v) is 5.66. The fourth-order valence-corrected chi connectivity index (χ4v) is 4.22. The van der Waals surface area contributed by atoms with Crippen LogP contribution in [0.5, 0.6) is 0 Å². The molecule has 0 saturated carbocycles. The summed E-state index contributed by atoms with van der Waals surface area (Å²) < 4.78 is 0. The van der Waals surface area contributed by atoms with Crippen LogP contribution in [0.3, 0.4) is 0 Å². The fraction of sp³-hybridized carbons (Fsp3) is 0.619. The van der Waals surface area contributed by atoms with Crippen LogP contribution < -0.4 is 10.6 Å². The first-order chi connectivity index (χ1) is 12.3. The smallest absolute Gasteiger partial charge is 0.253 e. The predicted molar refractivity (Wildman–Crippen MR) is 104 cm³/mol. The zero-order valence-electron chi connectivity index (χ0n) is 16.3. The second-order valence-electron chi connectivity index (χ2n) is 8.35. The van der Waals surface area contributed by atoms with E-state index >= 15 is 0 Å². The Balaban J connectivity index is 1.66. The Hall–Kier alpha value is -1.88. The monoisotopic (exact) mass is 357 g/mol. The van der Waals surface area contributed by atoms with Crippen molar-refractivity contribution in [2.75, 3.05) is 12.4 Å². The molecule has 142 valence electrons. The quantitative estimate of drug-likeness (QED) is 0.850. The maximum Gasteiger partial charge on any atom is 0.253 e. The van der Waals surface area contributed by atoms with E-state index in [9.17, 15) is 9.59 Å². The van der Waals surface area contributed by atoms with Gasteiger partial charge in [0.2, 0.25) is 5.91 Å². The number of fused-ring (bicyclic) bond motifs is 2. The number of carbonyl (C=O) groups excluding carboxylic acids is 2. The van der Waals surface area contributed by atoms with Gasteiger partial charge >= 0.3 is 0 Å². The zero-order chi connectivity index (χ0) is 18.8. The number of aryl methyl sites for hydroxylation is 1. The van der Waals surface area contributed by atoms with Crippen LogP contribution in [0.25, 0.3) is 0 Å². The number of hydrogen-bond donors (Lipinski definition) is 2. The zero-order valence-corrected chi connectivity index (χ0v) is 16.3. The molecule has 3 rings (SSSR count). The standard InChI is InChI=1S/C21H31N3O2/c1-13(2)9-20(25)23-19-8-5-15(10-14(19)3)21(26)24(4)18-11-16-6-7-17(12-18)22-16/h5,8,10,13,16-18,22H,6-7,9,11-12H2,1-4H3,(H,23,25). The molecule has 0 spiro atoms. The van der Waals surface area contributed by atoms with Crippen molar-refractivity contribution >= 4 is 17.5 Å². The molecule has 2 amide bonds. The molecule has 2 fully saturated rings. The Kier molecular flexibility index (Phi) is 5.66. The Morgan fingerprint density at radius 2 is 1.88 bits per heavy atom. The second kappa shape index (κ2) is 7.78. The molecule has 0 aliphatic carbocycles. The molecule has 2 atom stereocenters. The van der Waals surface area contributed by atoms with Crippen molar-refractivity contribution in [2.24, 2.45) is 5.92 Å². The number of nitrogens with one attached hydrogen (secondary N) is 2. The van der Waals surface area contributed by atoms with Gasteiger partial charge in [0.1, 0.15) is 0 Å². The van der Waals surface area contributed by atoms with Gasteiger partial charge in [-0.15, -0.1) is 0 Å². The van der Waals surface area contributed by atoms with Gasteiger partial charge in [0, 0.05) is 42.8 Å². The van der Waals surface area contributed by atoms with Gasteiger partial charge in [-0.05, 0) is 62.3 Å². The Morgan fingerprint density at radius 3 is 2.46 bits per heavy atom. The largest absolute Gasteiger partial charge is 0.339 e. The van der Waals surface area contributed by atoms with Crippen molar-refractivity contribution in [3.05, 3.63) is 29.3 Å². The molecule has 0 radical (unpaired) electrons. The van der Waals surface area contributed by atoms with Crippen molar-refractivity contribution < 1.29 is 9.59 Å². The number of anilines is 1. The normalized spacial score (nSPS) is 24.6. The van der Waals surface area contributed by atoms with Gasteiger partial charge in [0.15, 0.2) is 0 Å². The average molecular weight is 357 g/mol. The number of nitrogens with zero attached hydrogens (tertiary/aromatic N) is 1. The number of amides is 2. The van der Waals surface area contributed by atoms with Gasteiger partial charge < -0.3 is 15.5 Å². The minimum atomic E-state index is 0.0180. The fourth-order valence-electron chi connectivity index (χ4n) is 4.22.